The van der Waals surface area contributed by atoms with Crippen molar-refractivity contribution in [3.8, 4) is 0 Å². The van der Waals surface area contributed by atoms with Crippen molar-refractivity contribution in [3.63, 3.8) is 0 Å². The molecule has 2 fully saturated rings. The zero-order valence-electron chi connectivity index (χ0n) is 5.86. The van der Waals surface area contributed by atoms with Gasteiger partial charge in [0, 0.05) is 0 Å². The predicted octanol–water partition coefficient (Wildman–Crippen LogP) is 0.520. The topological polar surface area (TPSA) is 32.1 Å². The molecule has 2 aliphatic rings. The van der Waals surface area contributed by atoms with Gasteiger partial charge < -0.3 is 5.32 Å². The molecule has 0 aliphatic carbocycles. The summed E-state index contributed by atoms with van der Waals surface area (Å²) in [5, 5.41) is 2.83. The van der Waals surface area contributed by atoms with Crippen LogP contribution in [0.25, 0.3) is 0 Å². The van der Waals surface area contributed by atoms with Crippen LogP contribution in [0.1, 0.15) is 20.8 Å². The van der Waals surface area contributed by atoms with Crippen molar-refractivity contribution in [2.75, 3.05) is 0 Å². The highest BCUT2D eigenvalue weighted by molar-refractivity contribution is 5.89. The van der Waals surface area contributed by atoms with Gasteiger partial charge in [0.15, 0.2) is 0 Å². The first-order valence-electron chi connectivity index (χ1n) is 3.12. The first-order valence-corrected chi connectivity index (χ1v) is 3.12. The standard InChI is InChI=1S/C6H10N2O/c1-5(2)6(3)7-4(9)8(5)6/h1-3H3,(H,7,9). The van der Waals surface area contributed by atoms with Gasteiger partial charge in [0.25, 0.3) is 0 Å². The van der Waals surface area contributed by atoms with Crippen LogP contribution in [0.5, 0.6) is 0 Å². The molecule has 2 amide bonds. The highest BCUT2D eigenvalue weighted by Crippen LogP contribution is 2.54. The molecule has 0 spiro atoms. The lowest BCUT2D eigenvalue weighted by molar-refractivity contribution is 0.187. The van der Waals surface area contributed by atoms with Crippen LogP contribution in [0, 0.1) is 0 Å². The highest BCUT2D eigenvalue weighted by atomic mass is 16.2. The smallest absolute Gasteiger partial charge is 0.313 e. The molecule has 2 heterocycles. The third kappa shape index (κ3) is 0.272. The second-order valence-corrected chi connectivity index (χ2v) is 3.40. The number of hydrogen-bond donors (Lipinski definition) is 1. The molecule has 1 unspecified atom stereocenters. The lowest BCUT2D eigenvalue weighted by atomic mass is 10.1. The summed E-state index contributed by atoms with van der Waals surface area (Å²) < 4.78 is 0. The van der Waals surface area contributed by atoms with Crippen LogP contribution < -0.4 is 5.32 Å². The molecule has 0 saturated carbocycles. The third-order valence-electron chi connectivity index (χ3n) is 2.70. The van der Waals surface area contributed by atoms with Gasteiger partial charge in [-0.15, -0.1) is 0 Å². The van der Waals surface area contributed by atoms with Crippen molar-refractivity contribution in [1.82, 2.24) is 10.2 Å². The van der Waals surface area contributed by atoms with E-state index in [0.717, 1.165) is 0 Å². The van der Waals surface area contributed by atoms with Gasteiger partial charge in [-0.05, 0) is 20.8 Å². The number of carbonyl (C=O) groups excluding carboxylic acids is 1. The Morgan fingerprint density at radius 2 is 2.00 bits per heavy atom. The molecular formula is C6H10N2O. The Balaban J connectivity index is 2.33. The molecule has 1 atom stereocenters. The van der Waals surface area contributed by atoms with E-state index in [1.807, 2.05) is 11.8 Å². The van der Waals surface area contributed by atoms with Crippen molar-refractivity contribution < 1.29 is 4.79 Å². The maximum Gasteiger partial charge on any atom is 0.321 e. The van der Waals surface area contributed by atoms with Crippen LogP contribution in [0.15, 0.2) is 0 Å². The normalized spacial score (nSPS) is 43.0. The minimum Gasteiger partial charge on any atom is -0.313 e. The van der Waals surface area contributed by atoms with E-state index < -0.39 is 0 Å². The summed E-state index contributed by atoms with van der Waals surface area (Å²) >= 11 is 0. The van der Waals surface area contributed by atoms with Gasteiger partial charge in [0.05, 0.1) is 5.54 Å². The van der Waals surface area contributed by atoms with E-state index in [2.05, 4.69) is 19.2 Å². The number of rotatable bonds is 0. The molecule has 3 heteroatoms. The van der Waals surface area contributed by atoms with E-state index in [4.69, 9.17) is 0 Å². The second kappa shape index (κ2) is 0.856. The molecule has 2 saturated heterocycles. The molecule has 3 nitrogen and oxygen atoms in total. The van der Waals surface area contributed by atoms with E-state index in [1.54, 1.807) is 0 Å². The average Bonchev–Trinajstić information content (AvgIpc) is 1.94. The highest BCUT2D eigenvalue weighted by Gasteiger charge is 2.77. The van der Waals surface area contributed by atoms with E-state index >= 15 is 0 Å². The van der Waals surface area contributed by atoms with Crippen molar-refractivity contribution in [2.45, 2.75) is 32.0 Å². The van der Waals surface area contributed by atoms with Gasteiger partial charge in [0.2, 0.25) is 0 Å². The summed E-state index contributed by atoms with van der Waals surface area (Å²) in [6.07, 6.45) is 0. The summed E-state index contributed by atoms with van der Waals surface area (Å²) in [4.78, 5) is 12.6. The lowest BCUT2D eigenvalue weighted by Gasteiger charge is -2.22. The molecular weight excluding hydrogens is 116 g/mol. The quantitative estimate of drug-likeness (QED) is 0.471. The summed E-state index contributed by atoms with van der Waals surface area (Å²) in [6.45, 7) is 6.16. The Kier molecular flexibility index (Phi) is 0.484. The predicted molar refractivity (Wildman–Crippen MR) is 32.9 cm³/mol. The van der Waals surface area contributed by atoms with E-state index in [0.29, 0.717) is 0 Å². The Morgan fingerprint density at radius 1 is 1.44 bits per heavy atom. The zero-order valence-corrected chi connectivity index (χ0v) is 5.86. The monoisotopic (exact) mass is 126 g/mol. The molecule has 1 N–H and O–H groups in total. The number of carbonyl (C=O) groups is 1. The first-order chi connectivity index (χ1) is 4.00. The molecule has 0 bridgehead atoms. The van der Waals surface area contributed by atoms with Gasteiger partial charge in [-0.2, -0.15) is 0 Å². The lowest BCUT2D eigenvalue weighted by Crippen LogP contribution is -2.53. The fraction of sp³-hybridized carbons (Fsp3) is 0.833. The van der Waals surface area contributed by atoms with Crippen molar-refractivity contribution >= 4 is 6.03 Å². The molecule has 2 aliphatic heterocycles. The first kappa shape index (κ1) is 5.09. The molecule has 2 rings (SSSR count). The summed E-state index contributed by atoms with van der Waals surface area (Å²) in [6, 6.07) is 0.0718. The number of urea groups is 1. The summed E-state index contributed by atoms with van der Waals surface area (Å²) in [5.41, 5.74) is 0.0498. The van der Waals surface area contributed by atoms with E-state index in [1.165, 1.54) is 0 Å². The SMILES string of the molecule is CC1(C)N2C(=O)NC21C. The van der Waals surface area contributed by atoms with Crippen molar-refractivity contribution in [3.05, 3.63) is 0 Å². The van der Waals surface area contributed by atoms with Crippen LogP contribution in [0.2, 0.25) is 0 Å². The zero-order chi connectivity index (χ0) is 6.86. The van der Waals surface area contributed by atoms with E-state index in [-0.39, 0.29) is 17.2 Å². The molecule has 50 valence electrons. The van der Waals surface area contributed by atoms with Gasteiger partial charge in [-0.1, -0.05) is 0 Å². The van der Waals surface area contributed by atoms with Crippen LogP contribution >= 0.6 is 0 Å². The maximum absolute atomic E-state index is 10.7. The Labute approximate surface area is 54.0 Å². The maximum atomic E-state index is 10.7. The molecule has 0 radical (unpaired) electrons. The van der Waals surface area contributed by atoms with E-state index in [9.17, 15) is 4.79 Å². The number of amides is 2. The van der Waals surface area contributed by atoms with Crippen LogP contribution in [0.4, 0.5) is 4.79 Å². The van der Waals surface area contributed by atoms with Gasteiger partial charge in [-0.25, -0.2) is 4.79 Å². The minimum absolute atomic E-state index is 0.00984. The Morgan fingerprint density at radius 3 is 2.00 bits per heavy atom. The van der Waals surface area contributed by atoms with Crippen LogP contribution in [0.3, 0.4) is 0 Å². The van der Waals surface area contributed by atoms with Gasteiger partial charge >= 0.3 is 6.03 Å². The van der Waals surface area contributed by atoms with Crippen LogP contribution in [-0.4, -0.2) is 22.1 Å². The second-order valence-electron chi connectivity index (χ2n) is 3.40. The fourth-order valence-corrected chi connectivity index (χ4v) is 1.63. The Hall–Kier alpha value is -0.730. The van der Waals surface area contributed by atoms with Gasteiger partial charge in [0.1, 0.15) is 5.66 Å². The fourth-order valence-electron chi connectivity index (χ4n) is 1.63. The molecule has 9 heavy (non-hydrogen) atoms. The van der Waals surface area contributed by atoms with Crippen molar-refractivity contribution in [2.24, 2.45) is 0 Å². The number of hydrogen-bond acceptors (Lipinski definition) is 1. The largest absolute Gasteiger partial charge is 0.321 e. The third-order valence-corrected chi connectivity index (χ3v) is 2.70. The number of fused-ring (bicyclic) bond motifs is 1. The molecule has 0 aromatic carbocycles. The number of nitrogens with zero attached hydrogens (tertiary/aromatic N) is 1. The molecule has 0 aromatic rings. The van der Waals surface area contributed by atoms with Gasteiger partial charge in [-0.3, -0.25) is 4.90 Å². The van der Waals surface area contributed by atoms with Crippen LogP contribution in [-0.2, 0) is 0 Å². The van der Waals surface area contributed by atoms with Crippen molar-refractivity contribution in [1.29, 1.82) is 0 Å². The summed E-state index contributed by atoms with van der Waals surface area (Å²) in [7, 11) is 0. The number of nitrogens with one attached hydrogen (secondary N) is 1. The molecule has 0 aromatic heterocycles. The average molecular weight is 126 g/mol. The minimum atomic E-state index is -0.00984. The summed E-state index contributed by atoms with van der Waals surface area (Å²) in [5.74, 6) is 0. The Bertz CT molecular complexity index is 190.